The first-order chi connectivity index (χ1) is 10.6. The van der Waals surface area contributed by atoms with Crippen molar-refractivity contribution >= 4 is 40.7 Å². The summed E-state index contributed by atoms with van der Waals surface area (Å²) in [4.78, 5) is 27.2. The molecule has 1 aliphatic heterocycles. The van der Waals surface area contributed by atoms with Gasteiger partial charge in [-0.3, -0.25) is 9.59 Å². The quantitative estimate of drug-likeness (QED) is 0.716. The Morgan fingerprint density at radius 2 is 1.45 bits per heavy atom. The summed E-state index contributed by atoms with van der Waals surface area (Å²) in [5, 5.41) is 0.800. The van der Waals surface area contributed by atoms with Gasteiger partial charge >= 0.3 is 0 Å². The van der Waals surface area contributed by atoms with Gasteiger partial charge in [-0.15, -0.1) is 0 Å². The lowest BCUT2D eigenvalue weighted by atomic mass is 9.69. The molecule has 22 heavy (non-hydrogen) atoms. The van der Waals surface area contributed by atoms with Crippen molar-refractivity contribution < 1.29 is 9.59 Å². The average molecular weight is 338 g/mol. The molecule has 0 radical (unpaired) electrons. The number of anilines is 1. The van der Waals surface area contributed by atoms with Crippen molar-refractivity contribution in [2.75, 3.05) is 4.90 Å². The second-order valence-electron chi connectivity index (χ2n) is 6.69. The third-order valence-corrected chi connectivity index (χ3v) is 6.37. The van der Waals surface area contributed by atoms with Crippen LogP contribution in [-0.4, -0.2) is 11.8 Å². The van der Waals surface area contributed by atoms with Gasteiger partial charge in [-0.25, -0.2) is 4.90 Å². The van der Waals surface area contributed by atoms with Crippen LogP contribution in [-0.2, 0) is 9.59 Å². The molecule has 0 spiro atoms. The van der Waals surface area contributed by atoms with E-state index >= 15 is 0 Å². The van der Waals surface area contributed by atoms with Crippen LogP contribution in [0.3, 0.4) is 0 Å². The highest BCUT2D eigenvalue weighted by Gasteiger charge is 2.56. The Hall–Kier alpha value is -1.06. The van der Waals surface area contributed by atoms with Crippen LogP contribution in [0.25, 0.3) is 0 Å². The smallest absolute Gasteiger partial charge is 0.237 e. The zero-order chi connectivity index (χ0) is 15.4. The summed E-state index contributed by atoms with van der Waals surface area (Å²) in [6, 6.07) is 4.96. The van der Waals surface area contributed by atoms with E-state index in [0.29, 0.717) is 27.6 Å². The number of hydrogen-bond donors (Lipinski definition) is 0. The Balaban J connectivity index is 1.75. The first-order valence-corrected chi connectivity index (χ1v) is 8.66. The van der Waals surface area contributed by atoms with Crippen molar-refractivity contribution in [2.45, 2.75) is 32.1 Å². The molecule has 5 heteroatoms. The van der Waals surface area contributed by atoms with Crippen molar-refractivity contribution in [3.63, 3.8) is 0 Å². The number of rotatable bonds is 1. The van der Waals surface area contributed by atoms with Gasteiger partial charge < -0.3 is 0 Å². The van der Waals surface area contributed by atoms with Crippen LogP contribution in [0.1, 0.15) is 32.1 Å². The highest BCUT2D eigenvalue weighted by Crippen LogP contribution is 2.51. The normalized spacial score (nSPS) is 34.0. The second-order valence-corrected chi connectivity index (χ2v) is 7.50. The molecule has 1 aromatic carbocycles. The largest absolute Gasteiger partial charge is 0.274 e. The van der Waals surface area contributed by atoms with Crippen LogP contribution < -0.4 is 4.90 Å². The van der Waals surface area contributed by atoms with Gasteiger partial charge in [-0.05, 0) is 55.7 Å². The highest BCUT2D eigenvalue weighted by atomic mass is 35.5. The molecule has 4 atom stereocenters. The molecule has 3 aliphatic carbocycles. The molecule has 0 N–H and O–H groups in total. The summed E-state index contributed by atoms with van der Waals surface area (Å²) in [5.41, 5.74) is 0.553. The number of nitrogens with zero attached hydrogens (tertiary/aromatic N) is 1. The fourth-order valence-electron chi connectivity index (χ4n) is 4.66. The van der Waals surface area contributed by atoms with Crippen LogP contribution in [0.5, 0.6) is 0 Å². The molecule has 4 aliphatic rings. The summed E-state index contributed by atoms with van der Waals surface area (Å²) < 4.78 is 0. The second kappa shape index (κ2) is 5.24. The van der Waals surface area contributed by atoms with Crippen LogP contribution >= 0.6 is 23.2 Å². The van der Waals surface area contributed by atoms with Crippen molar-refractivity contribution in [3.05, 3.63) is 28.2 Å². The van der Waals surface area contributed by atoms with Crippen molar-refractivity contribution in [3.8, 4) is 0 Å². The summed E-state index contributed by atoms with van der Waals surface area (Å²) in [6.45, 7) is 0. The fourth-order valence-corrected chi connectivity index (χ4v) is 4.95. The zero-order valence-corrected chi connectivity index (χ0v) is 13.6. The van der Waals surface area contributed by atoms with E-state index in [2.05, 4.69) is 0 Å². The number of hydrogen-bond acceptors (Lipinski definition) is 2. The van der Waals surface area contributed by atoms with Gasteiger partial charge in [0.05, 0.1) is 27.6 Å². The molecule has 2 bridgehead atoms. The van der Waals surface area contributed by atoms with Crippen LogP contribution in [0.4, 0.5) is 5.69 Å². The van der Waals surface area contributed by atoms with E-state index < -0.39 is 0 Å². The minimum atomic E-state index is -0.122. The average Bonchev–Trinajstić information content (AvgIpc) is 2.71. The molecular weight excluding hydrogens is 321 g/mol. The number of imide groups is 1. The summed E-state index contributed by atoms with van der Waals surface area (Å²) in [6.07, 6.45) is 5.47. The minimum absolute atomic E-state index is 0.0370. The minimum Gasteiger partial charge on any atom is -0.274 e. The Morgan fingerprint density at radius 3 is 2.00 bits per heavy atom. The third kappa shape index (κ3) is 2.02. The maximum Gasteiger partial charge on any atom is 0.237 e. The van der Waals surface area contributed by atoms with Crippen LogP contribution in [0.15, 0.2) is 18.2 Å². The molecule has 2 amide bonds. The lowest BCUT2D eigenvalue weighted by molar-refractivity contribution is -0.124. The van der Waals surface area contributed by atoms with E-state index in [1.165, 1.54) is 4.90 Å². The summed E-state index contributed by atoms with van der Waals surface area (Å²) >= 11 is 12.0. The number of amides is 2. The first kappa shape index (κ1) is 14.5. The maximum absolute atomic E-state index is 12.9. The summed E-state index contributed by atoms with van der Waals surface area (Å²) in [5.74, 6) is 0.419. The molecule has 4 unspecified atom stereocenters. The van der Waals surface area contributed by atoms with Crippen molar-refractivity contribution in [1.29, 1.82) is 0 Å². The number of fused-ring (bicyclic) bond motifs is 3. The molecule has 3 nitrogen and oxygen atoms in total. The molecule has 1 saturated heterocycles. The Labute approximate surface area is 139 Å². The lowest BCUT2D eigenvalue weighted by Crippen LogP contribution is -2.34. The van der Waals surface area contributed by atoms with Gasteiger partial charge in [-0.1, -0.05) is 29.6 Å². The van der Waals surface area contributed by atoms with Crippen molar-refractivity contribution in [2.24, 2.45) is 23.7 Å². The maximum atomic E-state index is 12.9. The zero-order valence-electron chi connectivity index (χ0n) is 12.1. The number of halogens is 2. The highest BCUT2D eigenvalue weighted by molar-refractivity contribution is 6.42. The number of carbonyl (C=O) groups is 2. The third-order valence-electron chi connectivity index (χ3n) is 5.63. The molecule has 3 saturated carbocycles. The molecule has 5 rings (SSSR count). The Morgan fingerprint density at radius 1 is 0.864 bits per heavy atom. The molecule has 1 heterocycles. The predicted octanol–water partition coefficient (Wildman–Crippen LogP) is 4.31. The lowest BCUT2D eigenvalue weighted by Gasteiger charge is -2.32. The monoisotopic (exact) mass is 337 g/mol. The molecule has 1 aromatic rings. The van der Waals surface area contributed by atoms with E-state index in [1.54, 1.807) is 18.2 Å². The Kier molecular flexibility index (Phi) is 3.46. The number of carbonyl (C=O) groups excluding carboxylic acids is 2. The SMILES string of the molecule is O=C1C2C3CCCC(CC3)C2C(=O)N1c1ccc(Cl)c(Cl)c1. The van der Waals surface area contributed by atoms with E-state index in [1.807, 2.05) is 0 Å². The topological polar surface area (TPSA) is 37.4 Å². The van der Waals surface area contributed by atoms with Crippen LogP contribution in [0.2, 0.25) is 10.0 Å². The predicted molar refractivity (Wildman–Crippen MR) is 86.0 cm³/mol. The fraction of sp³-hybridized carbons (Fsp3) is 0.529. The number of benzene rings is 1. The van der Waals surface area contributed by atoms with Crippen molar-refractivity contribution in [1.82, 2.24) is 0 Å². The van der Waals surface area contributed by atoms with Gasteiger partial charge in [0, 0.05) is 0 Å². The summed E-state index contributed by atoms with van der Waals surface area (Å²) in [7, 11) is 0. The van der Waals surface area contributed by atoms with Gasteiger partial charge in [-0.2, -0.15) is 0 Å². The van der Waals surface area contributed by atoms with Gasteiger partial charge in [0.25, 0.3) is 0 Å². The Bertz CT molecular complexity index is 626. The van der Waals surface area contributed by atoms with E-state index in [4.69, 9.17) is 23.2 Å². The van der Waals surface area contributed by atoms with Gasteiger partial charge in [0.15, 0.2) is 0 Å². The molecule has 0 aromatic heterocycles. The van der Waals surface area contributed by atoms with Gasteiger partial charge in [0.1, 0.15) is 0 Å². The standard InChI is InChI=1S/C17H17Cl2NO2/c18-12-7-6-11(8-13(12)19)20-16(21)14-9-2-1-3-10(5-4-9)15(14)17(20)22/h6-10,14-15H,1-5H2. The van der Waals surface area contributed by atoms with Gasteiger partial charge in [0.2, 0.25) is 11.8 Å². The van der Waals surface area contributed by atoms with E-state index in [9.17, 15) is 9.59 Å². The first-order valence-electron chi connectivity index (χ1n) is 7.91. The molecule has 4 fully saturated rings. The molecule has 116 valence electrons. The molecular formula is C17H17Cl2NO2. The van der Waals surface area contributed by atoms with Crippen LogP contribution in [0, 0.1) is 23.7 Å². The van der Waals surface area contributed by atoms with E-state index in [0.717, 1.165) is 32.1 Å². The van der Waals surface area contributed by atoms with E-state index in [-0.39, 0.29) is 23.7 Å².